The lowest BCUT2D eigenvalue weighted by Crippen LogP contribution is -2.42. The van der Waals surface area contributed by atoms with E-state index in [0.717, 1.165) is 11.8 Å². The number of hydrogen-bond donors (Lipinski definition) is 3. The van der Waals surface area contributed by atoms with E-state index in [-0.39, 0.29) is 5.69 Å². The number of oxazole rings is 1. The van der Waals surface area contributed by atoms with Crippen molar-refractivity contribution in [1.82, 2.24) is 10.3 Å². The molecule has 0 saturated heterocycles. The Hall–Kier alpha value is -2.47. The summed E-state index contributed by atoms with van der Waals surface area (Å²) in [5.74, 6) is -0.0936. The van der Waals surface area contributed by atoms with Crippen LogP contribution in [0.4, 0.5) is 0 Å². The monoisotopic (exact) mass is 244 g/mol. The Morgan fingerprint density at radius 3 is 2.83 bits per heavy atom. The van der Waals surface area contributed by atoms with E-state index in [9.17, 15) is 4.79 Å². The molecule has 1 atom stereocenters. The third kappa shape index (κ3) is 2.44. The van der Waals surface area contributed by atoms with E-state index in [0.29, 0.717) is 5.76 Å². The first-order valence-electron chi connectivity index (χ1n) is 5.28. The van der Waals surface area contributed by atoms with Crippen LogP contribution in [0.5, 0.6) is 0 Å². The smallest absolute Gasteiger partial charge is 0.275 e. The average Bonchev–Trinajstić information content (AvgIpc) is 2.88. The van der Waals surface area contributed by atoms with Crippen LogP contribution in [-0.2, 0) is 0 Å². The van der Waals surface area contributed by atoms with Gasteiger partial charge in [-0.05, 0) is 0 Å². The molecule has 0 bridgehead atoms. The van der Waals surface area contributed by atoms with Crippen LogP contribution in [-0.4, -0.2) is 23.3 Å². The number of benzene rings is 1. The molecule has 6 heteroatoms. The maximum atomic E-state index is 11.9. The Morgan fingerprint density at radius 2 is 2.17 bits per heavy atom. The molecule has 2 rings (SSSR count). The molecule has 4 N–H and O–H groups in total. The van der Waals surface area contributed by atoms with Crippen LogP contribution in [0.2, 0.25) is 0 Å². The van der Waals surface area contributed by atoms with Crippen molar-refractivity contribution in [2.45, 2.75) is 6.17 Å². The summed E-state index contributed by atoms with van der Waals surface area (Å²) in [4.78, 5) is 15.7. The number of nitrogens with one attached hydrogen (secondary N) is 2. The third-order valence-electron chi connectivity index (χ3n) is 2.30. The normalized spacial score (nSPS) is 11.8. The molecule has 2 aromatic rings. The van der Waals surface area contributed by atoms with Crippen molar-refractivity contribution in [2.75, 3.05) is 0 Å². The molecule has 18 heavy (non-hydrogen) atoms. The summed E-state index contributed by atoms with van der Waals surface area (Å²) < 4.78 is 5.22. The fourth-order valence-corrected chi connectivity index (χ4v) is 1.46. The van der Waals surface area contributed by atoms with Crippen LogP contribution < -0.4 is 11.1 Å². The van der Waals surface area contributed by atoms with Gasteiger partial charge in [0.25, 0.3) is 5.91 Å². The second-order valence-electron chi connectivity index (χ2n) is 3.56. The van der Waals surface area contributed by atoms with Gasteiger partial charge in [0.1, 0.15) is 6.17 Å². The molecule has 92 valence electrons. The van der Waals surface area contributed by atoms with Gasteiger partial charge in [0.15, 0.2) is 17.8 Å². The number of nitrogens with two attached hydrogens (primary N) is 1. The van der Waals surface area contributed by atoms with Gasteiger partial charge in [-0.1, -0.05) is 30.3 Å². The molecule has 6 nitrogen and oxygen atoms in total. The lowest BCUT2D eigenvalue weighted by molar-refractivity contribution is 0.0944. The first-order chi connectivity index (χ1) is 8.72. The number of rotatable bonds is 4. The van der Waals surface area contributed by atoms with Crippen molar-refractivity contribution in [1.29, 1.82) is 5.41 Å². The van der Waals surface area contributed by atoms with E-state index in [1.54, 1.807) is 0 Å². The zero-order chi connectivity index (χ0) is 13.0. The Bertz CT molecular complexity index is 550. The summed E-state index contributed by atoms with van der Waals surface area (Å²) in [5, 5.41) is 9.35. The summed E-state index contributed by atoms with van der Waals surface area (Å²) in [6, 6.07) is 9.16. The van der Waals surface area contributed by atoms with Crippen molar-refractivity contribution in [3.8, 4) is 11.3 Å². The number of hydrogen-bond acceptors (Lipinski definition) is 5. The molecule has 0 aliphatic carbocycles. The third-order valence-corrected chi connectivity index (χ3v) is 2.30. The topological polar surface area (TPSA) is 105 Å². The standard InChI is InChI=1S/C12H12N4O2/c13-6-9(14)16-12(17)10-11(18-7-15-10)8-4-2-1-3-5-8/h1-7,9,13H,14H2,(H,16,17). The van der Waals surface area contributed by atoms with Gasteiger partial charge in [0, 0.05) is 11.8 Å². The van der Waals surface area contributed by atoms with Gasteiger partial charge < -0.3 is 20.9 Å². The molecule has 0 fully saturated rings. The summed E-state index contributed by atoms with van der Waals surface area (Å²) in [7, 11) is 0. The summed E-state index contributed by atoms with van der Waals surface area (Å²) in [5.41, 5.74) is 6.34. The highest BCUT2D eigenvalue weighted by Crippen LogP contribution is 2.22. The maximum absolute atomic E-state index is 11.9. The Kier molecular flexibility index (Phi) is 3.49. The number of amides is 1. The Balaban J connectivity index is 2.28. The predicted molar refractivity (Wildman–Crippen MR) is 66.2 cm³/mol. The summed E-state index contributed by atoms with van der Waals surface area (Å²) in [6.45, 7) is 0. The lowest BCUT2D eigenvalue weighted by Gasteiger charge is -2.07. The molecule has 1 amide bonds. The van der Waals surface area contributed by atoms with Crippen LogP contribution in [0.25, 0.3) is 11.3 Å². The van der Waals surface area contributed by atoms with Gasteiger partial charge >= 0.3 is 0 Å². The van der Waals surface area contributed by atoms with Gasteiger partial charge in [-0.15, -0.1) is 0 Å². The predicted octanol–water partition coefficient (Wildman–Crippen LogP) is 1.01. The number of nitrogens with zero attached hydrogens (tertiary/aromatic N) is 1. The van der Waals surface area contributed by atoms with E-state index >= 15 is 0 Å². The van der Waals surface area contributed by atoms with Crippen molar-refractivity contribution in [2.24, 2.45) is 5.73 Å². The average molecular weight is 244 g/mol. The van der Waals surface area contributed by atoms with Crippen molar-refractivity contribution >= 4 is 12.1 Å². The highest BCUT2D eigenvalue weighted by Gasteiger charge is 2.18. The van der Waals surface area contributed by atoms with Gasteiger partial charge in [0.2, 0.25) is 0 Å². The van der Waals surface area contributed by atoms with Gasteiger partial charge in [0.05, 0.1) is 0 Å². The van der Waals surface area contributed by atoms with Gasteiger partial charge in [-0.25, -0.2) is 4.98 Å². The molecule has 1 aromatic heterocycles. The van der Waals surface area contributed by atoms with Crippen LogP contribution in [0.1, 0.15) is 10.5 Å². The minimum absolute atomic E-state index is 0.151. The minimum Gasteiger partial charge on any atom is -0.443 e. The number of carbonyl (C=O) groups excluding carboxylic acids is 1. The van der Waals surface area contributed by atoms with E-state index in [4.69, 9.17) is 15.6 Å². The highest BCUT2D eigenvalue weighted by atomic mass is 16.3. The zero-order valence-electron chi connectivity index (χ0n) is 9.46. The van der Waals surface area contributed by atoms with E-state index in [1.807, 2.05) is 30.3 Å². The van der Waals surface area contributed by atoms with Crippen LogP contribution in [0.15, 0.2) is 41.1 Å². The molecule has 0 aliphatic rings. The quantitative estimate of drug-likeness (QED) is 0.551. The van der Waals surface area contributed by atoms with Gasteiger partial charge in [-0.3, -0.25) is 4.79 Å². The van der Waals surface area contributed by atoms with Crippen LogP contribution in [0.3, 0.4) is 0 Å². The first-order valence-corrected chi connectivity index (χ1v) is 5.28. The fourth-order valence-electron chi connectivity index (χ4n) is 1.46. The fraction of sp³-hybridized carbons (Fsp3) is 0.0833. The number of carbonyl (C=O) groups is 1. The van der Waals surface area contributed by atoms with E-state index in [2.05, 4.69) is 10.3 Å². The molecular weight excluding hydrogens is 232 g/mol. The first kappa shape index (κ1) is 12.0. The largest absolute Gasteiger partial charge is 0.443 e. The van der Waals surface area contributed by atoms with Crippen LogP contribution in [0, 0.1) is 5.41 Å². The van der Waals surface area contributed by atoms with Crippen LogP contribution >= 0.6 is 0 Å². The minimum atomic E-state index is -0.835. The molecule has 0 spiro atoms. The molecule has 1 aromatic carbocycles. The van der Waals surface area contributed by atoms with Crippen molar-refractivity contribution in [3.05, 3.63) is 42.4 Å². The molecule has 0 radical (unpaired) electrons. The molecule has 0 aliphatic heterocycles. The SMILES string of the molecule is N=CC(N)NC(=O)c1ncoc1-c1ccccc1. The summed E-state index contributed by atoms with van der Waals surface area (Å²) in [6.07, 6.45) is 1.30. The number of aromatic nitrogens is 1. The summed E-state index contributed by atoms with van der Waals surface area (Å²) >= 11 is 0. The zero-order valence-corrected chi connectivity index (χ0v) is 9.46. The van der Waals surface area contributed by atoms with E-state index in [1.165, 1.54) is 6.39 Å². The molecule has 1 unspecified atom stereocenters. The van der Waals surface area contributed by atoms with Crippen molar-refractivity contribution in [3.63, 3.8) is 0 Å². The molecule has 1 heterocycles. The lowest BCUT2D eigenvalue weighted by atomic mass is 10.1. The second-order valence-corrected chi connectivity index (χ2v) is 3.56. The van der Waals surface area contributed by atoms with Crippen molar-refractivity contribution < 1.29 is 9.21 Å². The second kappa shape index (κ2) is 5.24. The Labute approximate surface area is 103 Å². The molecular formula is C12H12N4O2. The van der Waals surface area contributed by atoms with Gasteiger partial charge in [-0.2, -0.15) is 0 Å². The maximum Gasteiger partial charge on any atom is 0.275 e. The highest BCUT2D eigenvalue weighted by molar-refractivity contribution is 5.98. The Morgan fingerprint density at radius 1 is 1.44 bits per heavy atom. The molecule has 0 saturated carbocycles. The van der Waals surface area contributed by atoms with E-state index < -0.39 is 12.1 Å².